The van der Waals surface area contributed by atoms with Gasteiger partial charge in [0.2, 0.25) is 0 Å². The maximum Gasteiger partial charge on any atom is 0.270 e. The Morgan fingerprint density at radius 1 is 1.12 bits per heavy atom. The molecule has 0 atom stereocenters. The minimum atomic E-state index is -3.51. The summed E-state index contributed by atoms with van der Waals surface area (Å²) in [6.45, 7) is 2.51. The number of nitrogens with one attached hydrogen (secondary N) is 2. The van der Waals surface area contributed by atoms with Crippen LogP contribution in [0.3, 0.4) is 0 Å². The van der Waals surface area contributed by atoms with Gasteiger partial charge in [-0.3, -0.25) is 14.2 Å². The van der Waals surface area contributed by atoms with E-state index in [2.05, 4.69) is 15.6 Å². The van der Waals surface area contributed by atoms with Crippen molar-refractivity contribution in [2.45, 2.75) is 4.90 Å². The van der Waals surface area contributed by atoms with Crippen molar-refractivity contribution in [1.82, 2.24) is 19.8 Å². The molecule has 1 aliphatic heterocycles. The van der Waals surface area contributed by atoms with E-state index in [1.165, 1.54) is 30.5 Å². The Kier molecular flexibility index (Phi) is 6.50. The fourth-order valence-corrected chi connectivity index (χ4v) is 4.50. The van der Waals surface area contributed by atoms with Crippen molar-refractivity contribution in [1.29, 1.82) is 0 Å². The van der Waals surface area contributed by atoms with Gasteiger partial charge in [-0.25, -0.2) is 13.4 Å². The van der Waals surface area contributed by atoms with Crippen LogP contribution in [0, 0.1) is 0 Å². The predicted octanol–water partition coefficient (Wildman–Crippen LogP) is 2.23. The van der Waals surface area contributed by atoms with Gasteiger partial charge in [0.05, 0.1) is 10.5 Å². The van der Waals surface area contributed by atoms with E-state index < -0.39 is 15.7 Å². The topological polar surface area (TPSA) is 113 Å². The van der Waals surface area contributed by atoms with E-state index >= 15 is 0 Å². The average Bonchev–Trinajstić information content (AvgIpc) is 3.24. The largest absolute Gasteiger partial charge is 0.335 e. The lowest BCUT2D eigenvalue weighted by molar-refractivity contribution is 0.0727. The Hall–Kier alpha value is -3.21. The Morgan fingerprint density at radius 2 is 1.88 bits per heavy atom. The number of sulfone groups is 1. The second-order valence-electron chi connectivity index (χ2n) is 7.62. The number of pyridine rings is 1. The van der Waals surface area contributed by atoms with Crippen LogP contribution in [-0.4, -0.2) is 67.1 Å². The van der Waals surface area contributed by atoms with E-state index in [1.807, 2.05) is 0 Å². The first kappa shape index (κ1) is 23.0. The van der Waals surface area contributed by atoms with Gasteiger partial charge in [-0.2, -0.15) is 0 Å². The Balaban J connectivity index is 1.68. The van der Waals surface area contributed by atoms with Gasteiger partial charge in [-0.1, -0.05) is 17.7 Å². The quantitative estimate of drug-likeness (QED) is 0.570. The van der Waals surface area contributed by atoms with Gasteiger partial charge in [0.15, 0.2) is 9.84 Å². The molecule has 2 amide bonds. The van der Waals surface area contributed by atoms with Crippen molar-refractivity contribution in [2.75, 3.05) is 37.8 Å². The standard InChI is InChI=1S/C22H22ClN5O4S/c1-33(31,32)18-12-16(23)11-17(13-18)26-21(29)15-10-19(22(30)27-8-6-24-7-9-27)28(14-15)20-4-2-3-5-25-20/h2-5,10-14,24H,6-9H2,1H3,(H,26,29). The van der Waals surface area contributed by atoms with Crippen LogP contribution >= 0.6 is 11.6 Å². The molecule has 3 heterocycles. The Labute approximate surface area is 196 Å². The number of carbonyl (C=O) groups is 2. The molecule has 0 spiro atoms. The van der Waals surface area contributed by atoms with E-state index in [0.29, 0.717) is 37.7 Å². The van der Waals surface area contributed by atoms with Crippen LogP contribution in [0.5, 0.6) is 0 Å². The molecule has 0 saturated carbocycles. The molecule has 1 aromatic carbocycles. The summed E-state index contributed by atoms with van der Waals surface area (Å²) in [5, 5.41) is 6.05. The lowest BCUT2D eigenvalue weighted by Gasteiger charge is -2.27. The van der Waals surface area contributed by atoms with Gasteiger partial charge in [-0.05, 0) is 36.4 Å². The highest BCUT2D eigenvalue weighted by atomic mass is 35.5. The molecule has 0 unspecified atom stereocenters. The maximum absolute atomic E-state index is 13.2. The number of hydrogen-bond acceptors (Lipinski definition) is 6. The molecule has 2 N–H and O–H groups in total. The summed E-state index contributed by atoms with van der Waals surface area (Å²) in [4.78, 5) is 32.3. The number of carbonyl (C=O) groups excluding carboxylic acids is 2. The molecule has 1 saturated heterocycles. The molecule has 0 bridgehead atoms. The van der Waals surface area contributed by atoms with Gasteiger partial charge in [0, 0.05) is 55.5 Å². The van der Waals surface area contributed by atoms with Crippen molar-refractivity contribution in [3.05, 3.63) is 71.1 Å². The molecule has 0 radical (unpaired) electrons. The van der Waals surface area contributed by atoms with Crippen molar-refractivity contribution < 1.29 is 18.0 Å². The second kappa shape index (κ2) is 9.34. The normalized spacial score (nSPS) is 14.2. The summed E-state index contributed by atoms with van der Waals surface area (Å²) in [6.07, 6.45) is 4.20. The Bertz CT molecular complexity index is 1300. The first-order valence-corrected chi connectivity index (χ1v) is 12.4. The smallest absolute Gasteiger partial charge is 0.270 e. The van der Waals surface area contributed by atoms with Crippen LogP contribution < -0.4 is 10.6 Å². The number of halogens is 1. The van der Waals surface area contributed by atoms with E-state index in [4.69, 9.17) is 11.6 Å². The zero-order chi connectivity index (χ0) is 23.6. The van der Waals surface area contributed by atoms with Crippen molar-refractivity contribution >= 4 is 38.9 Å². The number of benzene rings is 1. The van der Waals surface area contributed by atoms with Crippen molar-refractivity contribution in [2.24, 2.45) is 0 Å². The first-order chi connectivity index (χ1) is 15.7. The molecule has 9 nitrogen and oxygen atoms in total. The summed E-state index contributed by atoms with van der Waals surface area (Å²) in [5.41, 5.74) is 0.761. The van der Waals surface area contributed by atoms with Crippen molar-refractivity contribution in [3.63, 3.8) is 0 Å². The zero-order valence-corrected chi connectivity index (χ0v) is 19.4. The van der Waals surface area contributed by atoms with Gasteiger partial charge in [0.25, 0.3) is 11.8 Å². The molecule has 11 heteroatoms. The number of amides is 2. The number of anilines is 1. The molecular formula is C22H22ClN5O4S. The number of aromatic nitrogens is 2. The number of hydrogen-bond donors (Lipinski definition) is 2. The maximum atomic E-state index is 13.2. The Morgan fingerprint density at radius 3 is 2.55 bits per heavy atom. The summed E-state index contributed by atoms with van der Waals surface area (Å²) < 4.78 is 25.4. The third kappa shape index (κ3) is 5.24. The molecule has 1 aliphatic rings. The minimum absolute atomic E-state index is 0.00840. The molecule has 2 aromatic heterocycles. The van der Waals surface area contributed by atoms with Crippen LogP contribution in [0.4, 0.5) is 5.69 Å². The van der Waals surface area contributed by atoms with Crippen LogP contribution in [0.25, 0.3) is 5.82 Å². The summed E-state index contributed by atoms with van der Waals surface area (Å²) in [7, 11) is -3.51. The SMILES string of the molecule is CS(=O)(=O)c1cc(Cl)cc(NC(=O)c2cc(C(=O)N3CCNCC3)n(-c3ccccn3)c2)c1. The van der Waals surface area contributed by atoms with Crippen LogP contribution in [0.2, 0.25) is 5.02 Å². The van der Waals surface area contributed by atoms with Crippen molar-refractivity contribution in [3.8, 4) is 5.82 Å². The molecule has 0 aliphatic carbocycles. The molecule has 3 aromatic rings. The number of nitrogens with zero attached hydrogens (tertiary/aromatic N) is 3. The predicted molar refractivity (Wildman–Crippen MR) is 125 cm³/mol. The van der Waals surface area contributed by atoms with E-state index in [0.717, 1.165) is 6.26 Å². The third-order valence-electron chi connectivity index (χ3n) is 5.16. The summed E-state index contributed by atoms with van der Waals surface area (Å²) >= 11 is 6.04. The second-order valence-corrected chi connectivity index (χ2v) is 10.1. The van der Waals surface area contributed by atoms with Gasteiger partial charge in [0.1, 0.15) is 11.5 Å². The highest BCUT2D eigenvalue weighted by Crippen LogP contribution is 2.24. The average molecular weight is 488 g/mol. The fourth-order valence-electron chi connectivity index (χ4n) is 3.52. The van der Waals surface area contributed by atoms with E-state index in [1.54, 1.807) is 33.9 Å². The summed E-state index contributed by atoms with van der Waals surface area (Å²) in [5.74, 6) is -0.221. The van der Waals surface area contributed by atoms with Gasteiger partial charge >= 0.3 is 0 Å². The van der Waals surface area contributed by atoms with Gasteiger partial charge in [-0.15, -0.1) is 0 Å². The zero-order valence-electron chi connectivity index (χ0n) is 17.8. The lowest BCUT2D eigenvalue weighted by Crippen LogP contribution is -2.46. The number of rotatable bonds is 5. The lowest BCUT2D eigenvalue weighted by atomic mass is 10.2. The molecule has 172 valence electrons. The third-order valence-corrected chi connectivity index (χ3v) is 6.47. The summed E-state index contributed by atoms with van der Waals surface area (Å²) in [6, 6.07) is 10.9. The highest BCUT2D eigenvalue weighted by Gasteiger charge is 2.24. The molecule has 33 heavy (non-hydrogen) atoms. The first-order valence-electron chi connectivity index (χ1n) is 10.2. The molecular weight excluding hydrogens is 466 g/mol. The molecule has 1 fully saturated rings. The molecule has 4 rings (SSSR count). The monoisotopic (exact) mass is 487 g/mol. The number of piperazine rings is 1. The van der Waals surface area contributed by atoms with Crippen LogP contribution in [0.1, 0.15) is 20.8 Å². The highest BCUT2D eigenvalue weighted by molar-refractivity contribution is 7.90. The van der Waals surface area contributed by atoms with E-state index in [9.17, 15) is 18.0 Å². The van der Waals surface area contributed by atoms with Crippen LogP contribution in [0.15, 0.2) is 59.8 Å². The van der Waals surface area contributed by atoms with Gasteiger partial charge < -0.3 is 15.5 Å². The minimum Gasteiger partial charge on any atom is -0.335 e. The fraction of sp³-hybridized carbons (Fsp3) is 0.227. The van der Waals surface area contributed by atoms with E-state index in [-0.39, 0.29) is 27.1 Å². The van der Waals surface area contributed by atoms with Crippen LogP contribution in [-0.2, 0) is 9.84 Å².